The molecule has 0 fully saturated rings. The van der Waals surface area contributed by atoms with Gasteiger partial charge in [0.15, 0.2) is 0 Å². The van der Waals surface area contributed by atoms with Crippen LogP contribution in [-0.4, -0.2) is 0 Å². The fourth-order valence-corrected chi connectivity index (χ4v) is 9.59. The van der Waals surface area contributed by atoms with E-state index in [4.69, 9.17) is 4.42 Å². The van der Waals surface area contributed by atoms with Crippen molar-refractivity contribution in [1.82, 2.24) is 0 Å². The molecule has 2 aromatic heterocycles. The Morgan fingerprint density at radius 1 is 0.377 bits per heavy atom. The largest absolute Gasteiger partial charge is 0.456 e. The van der Waals surface area contributed by atoms with Crippen LogP contribution in [0.1, 0.15) is 0 Å². The molecule has 53 heavy (non-hydrogen) atoms. The maximum atomic E-state index is 6.28. The predicted molar refractivity (Wildman–Crippen MR) is 227 cm³/mol. The van der Waals surface area contributed by atoms with E-state index in [0.717, 1.165) is 28.2 Å². The fraction of sp³-hybridized carbons (Fsp3) is 0. The zero-order valence-electron chi connectivity index (χ0n) is 28.7. The summed E-state index contributed by atoms with van der Waals surface area (Å²) in [5, 5.41) is 9.85. The summed E-state index contributed by atoms with van der Waals surface area (Å²) in [6, 6.07) is 67.9. The number of thiophene rings is 1. The lowest BCUT2D eigenvalue weighted by molar-refractivity contribution is 0.669. The molecule has 0 bridgehead atoms. The molecule has 0 aliphatic carbocycles. The summed E-state index contributed by atoms with van der Waals surface area (Å²) < 4.78 is 8.84. The van der Waals surface area contributed by atoms with Gasteiger partial charge in [-0.3, -0.25) is 0 Å². The van der Waals surface area contributed by atoms with E-state index in [-0.39, 0.29) is 0 Å². The Morgan fingerprint density at radius 3 is 1.89 bits per heavy atom. The van der Waals surface area contributed by atoms with Crippen LogP contribution in [0.5, 0.6) is 0 Å². The zero-order valence-corrected chi connectivity index (χ0v) is 29.5. The molecule has 11 rings (SSSR count). The van der Waals surface area contributed by atoms with Crippen molar-refractivity contribution < 1.29 is 4.42 Å². The Bertz CT molecular complexity index is 3180. The lowest BCUT2D eigenvalue weighted by Crippen LogP contribution is -2.10. The van der Waals surface area contributed by atoms with Crippen molar-refractivity contribution in [3.63, 3.8) is 0 Å². The standard InChI is InChI=1S/C50H31NOS/c1-3-17-38-32(11-1)13-8-20-39(38)34-25-27-36(28-26-34)51(45-23-9-14-33-12-2-4-18-40(33)45)37-16-7-15-35(31-37)41-21-10-22-42-43-29-30-47-48(50(43)53-49(41)42)44-19-5-6-24-46(44)52-47/h1-31H. The van der Waals surface area contributed by atoms with Gasteiger partial charge in [0.05, 0.1) is 5.69 Å². The highest BCUT2D eigenvalue weighted by molar-refractivity contribution is 7.27. The van der Waals surface area contributed by atoms with Crippen molar-refractivity contribution in [1.29, 1.82) is 0 Å². The first-order valence-corrected chi connectivity index (χ1v) is 18.8. The monoisotopic (exact) mass is 693 g/mol. The molecule has 11 aromatic rings. The summed E-state index contributed by atoms with van der Waals surface area (Å²) in [4.78, 5) is 2.41. The Balaban J connectivity index is 1.09. The summed E-state index contributed by atoms with van der Waals surface area (Å²) >= 11 is 1.87. The van der Waals surface area contributed by atoms with E-state index in [1.165, 1.54) is 74.7 Å². The molecule has 0 aliphatic rings. The van der Waals surface area contributed by atoms with Gasteiger partial charge in [-0.05, 0) is 86.9 Å². The van der Waals surface area contributed by atoms with Crippen LogP contribution in [0.3, 0.4) is 0 Å². The van der Waals surface area contributed by atoms with E-state index in [9.17, 15) is 0 Å². The summed E-state index contributed by atoms with van der Waals surface area (Å²) in [5.41, 5.74) is 10.1. The quantitative estimate of drug-likeness (QED) is 0.178. The molecule has 0 spiro atoms. The number of hydrogen-bond donors (Lipinski definition) is 0. The SMILES string of the molecule is c1cc(-c2cccc3c2sc2c3ccc3oc4ccccc4c32)cc(N(c2ccc(-c3cccc4ccccc34)cc2)c2cccc3ccccc23)c1. The first-order valence-electron chi connectivity index (χ1n) is 18.0. The van der Waals surface area contributed by atoms with Gasteiger partial charge >= 0.3 is 0 Å². The number of furan rings is 1. The number of fused-ring (bicyclic) bond motifs is 9. The highest BCUT2D eigenvalue weighted by Gasteiger charge is 2.19. The second-order valence-corrected chi connectivity index (χ2v) is 14.7. The summed E-state index contributed by atoms with van der Waals surface area (Å²) in [6.45, 7) is 0. The highest BCUT2D eigenvalue weighted by Crippen LogP contribution is 2.47. The van der Waals surface area contributed by atoms with Crippen molar-refractivity contribution in [3.05, 3.63) is 188 Å². The normalized spacial score (nSPS) is 11.8. The first-order chi connectivity index (χ1) is 26.3. The summed E-state index contributed by atoms with van der Waals surface area (Å²) in [5.74, 6) is 0. The van der Waals surface area contributed by atoms with Crippen molar-refractivity contribution in [2.75, 3.05) is 4.90 Å². The van der Waals surface area contributed by atoms with E-state index >= 15 is 0 Å². The predicted octanol–water partition coefficient (Wildman–Crippen LogP) is 15.1. The minimum atomic E-state index is 0.930. The minimum absolute atomic E-state index is 0.930. The van der Waals surface area contributed by atoms with Crippen LogP contribution in [0.4, 0.5) is 17.1 Å². The maximum absolute atomic E-state index is 6.28. The van der Waals surface area contributed by atoms with Crippen molar-refractivity contribution in [3.8, 4) is 22.3 Å². The number of anilines is 3. The molecule has 0 N–H and O–H groups in total. The van der Waals surface area contributed by atoms with E-state index in [2.05, 4.69) is 187 Å². The van der Waals surface area contributed by atoms with Gasteiger partial charge in [-0.25, -0.2) is 0 Å². The van der Waals surface area contributed by atoms with Gasteiger partial charge in [-0.2, -0.15) is 0 Å². The van der Waals surface area contributed by atoms with Gasteiger partial charge in [0, 0.05) is 47.7 Å². The van der Waals surface area contributed by atoms with Crippen LogP contribution in [-0.2, 0) is 0 Å². The summed E-state index contributed by atoms with van der Waals surface area (Å²) in [6.07, 6.45) is 0. The molecule has 0 aliphatic heterocycles. The number of benzene rings is 9. The lowest BCUT2D eigenvalue weighted by Gasteiger charge is -2.27. The molecule has 9 aromatic carbocycles. The third-order valence-corrected chi connectivity index (χ3v) is 11.9. The second-order valence-electron chi connectivity index (χ2n) is 13.7. The van der Waals surface area contributed by atoms with Crippen LogP contribution >= 0.6 is 11.3 Å². The molecule has 248 valence electrons. The van der Waals surface area contributed by atoms with Gasteiger partial charge in [0.2, 0.25) is 0 Å². The number of para-hydroxylation sites is 1. The molecule has 2 nitrogen and oxygen atoms in total. The van der Waals surface area contributed by atoms with Crippen molar-refractivity contribution in [2.45, 2.75) is 0 Å². The topological polar surface area (TPSA) is 16.4 Å². The summed E-state index contributed by atoms with van der Waals surface area (Å²) in [7, 11) is 0. The minimum Gasteiger partial charge on any atom is -0.456 e. The van der Waals surface area contributed by atoms with E-state index in [0.29, 0.717) is 0 Å². The Hall–Kier alpha value is -6.68. The fourth-order valence-electron chi connectivity index (χ4n) is 8.20. The molecular weight excluding hydrogens is 663 g/mol. The van der Waals surface area contributed by atoms with Crippen LogP contribution in [0.15, 0.2) is 192 Å². The van der Waals surface area contributed by atoms with Gasteiger partial charge in [0.25, 0.3) is 0 Å². The lowest BCUT2D eigenvalue weighted by atomic mass is 9.97. The average molecular weight is 694 g/mol. The van der Waals surface area contributed by atoms with E-state index in [1.54, 1.807) is 0 Å². The van der Waals surface area contributed by atoms with Crippen LogP contribution < -0.4 is 4.90 Å². The Kier molecular flexibility index (Phi) is 6.76. The number of rotatable bonds is 5. The Morgan fingerprint density at radius 2 is 1.02 bits per heavy atom. The van der Waals surface area contributed by atoms with Crippen LogP contribution in [0.2, 0.25) is 0 Å². The smallest absolute Gasteiger partial charge is 0.136 e. The Labute approximate surface area is 310 Å². The van der Waals surface area contributed by atoms with Crippen molar-refractivity contribution >= 4 is 92.1 Å². The maximum Gasteiger partial charge on any atom is 0.136 e. The first kappa shape index (κ1) is 30.0. The third-order valence-electron chi connectivity index (χ3n) is 10.7. The molecule has 0 atom stereocenters. The molecule has 2 heterocycles. The molecular formula is C50H31NOS. The van der Waals surface area contributed by atoms with Gasteiger partial charge in [-0.1, -0.05) is 140 Å². The molecule has 0 saturated carbocycles. The zero-order chi connectivity index (χ0) is 34.9. The average Bonchev–Trinajstić information content (AvgIpc) is 3.80. The van der Waals surface area contributed by atoms with Gasteiger partial charge in [-0.15, -0.1) is 11.3 Å². The van der Waals surface area contributed by atoms with Crippen LogP contribution in [0.25, 0.3) is 85.9 Å². The van der Waals surface area contributed by atoms with E-state index < -0.39 is 0 Å². The van der Waals surface area contributed by atoms with Crippen molar-refractivity contribution in [2.24, 2.45) is 0 Å². The van der Waals surface area contributed by atoms with Crippen LogP contribution in [0, 0.1) is 0 Å². The number of hydrogen-bond acceptors (Lipinski definition) is 3. The highest BCUT2D eigenvalue weighted by atomic mass is 32.1. The molecule has 0 radical (unpaired) electrons. The molecule has 0 saturated heterocycles. The second kappa shape index (κ2) is 11.9. The van der Waals surface area contributed by atoms with E-state index in [1.807, 2.05) is 17.4 Å². The molecule has 0 amide bonds. The van der Waals surface area contributed by atoms with Gasteiger partial charge < -0.3 is 9.32 Å². The number of nitrogens with zero attached hydrogens (tertiary/aromatic N) is 1. The molecule has 3 heteroatoms. The molecule has 0 unspecified atom stereocenters. The van der Waals surface area contributed by atoms with Gasteiger partial charge in [0.1, 0.15) is 11.2 Å². The third kappa shape index (κ3) is 4.78.